The van der Waals surface area contributed by atoms with Crippen LogP contribution in [0.15, 0.2) is 30.5 Å². The number of hydrogen-bond acceptors (Lipinski definition) is 5. The van der Waals surface area contributed by atoms with E-state index in [9.17, 15) is 5.11 Å². The molecule has 2 aliphatic rings. The molecule has 29 heavy (non-hydrogen) atoms. The van der Waals surface area contributed by atoms with Gasteiger partial charge >= 0.3 is 0 Å². The van der Waals surface area contributed by atoms with E-state index in [-0.39, 0.29) is 5.75 Å². The number of likely N-dealkylation sites (N-methyl/N-ethyl adjacent to an activating group) is 1. The maximum atomic E-state index is 10.6. The van der Waals surface area contributed by atoms with Crippen LogP contribution in [0, 0.1) is 0 Å². The van der Waals surface area contributed by atoms with E-state index < -0.39 is 0 Å². The third kappa shape index (κ3) is 3.25. The van der Waals surface area contributed by atoms with Crippen LogP contribution in [0.25, 0.3) is 22.3 Å². The van der Waals surface area contributed by atoms with Crippen LogP contribution in [0.2, 0.25) is 0 Å². The van der Waals surface area contributed by atoms with Crippen molar-refractivity contribution in [3.05, 3.63) is 36.0 Å². The number of aromatic nitrogens is 3. The Labute approximate surface area is 171 Å². The quantitative estimate of drug-likeness (QED) is 0.699. The normalized spacial score (nSPS) is 20.3. The molecule has 5 rings (SSSR count). The third-order valence-electron chi connectivity index (χ3n) is 6.44. The fraction of sp³-hybridized carbons (Fsp3) is 0.478. The predicted molar refractivity (Wildman–Crippen MR) is 114 cm³/mol. The number of hydrogen-bond donors (Lipinski definition) is 1. The fourth-order valence-electron chi connectivity index (χ4n) is 4.70. The van der Waals surface area contributed by atoms with Crippen LogP contribution in [0.1, 0.15) is 50.1 Å². The monoisotopic (exact) mass is 392 g/mol. The number of phenols is 1. The van der Waals surface area contributed by atoms with Crippen LogP contribution in [-0.4, -0.2) is 51.5 Å². The number of phenolic OH excluding ortho intramolecular Hbond substituents is 1. The summed E-state index contributed by atoms with van der Waals surface area (Å²) >= 11 is 0. The maximum Gasteiger partial charge on any atom is 0.163 e. The van der Waals surface area contributed by atoms with E-state index in [0.717, 1.165) is 30.0 Å². The molecule has 3 aromatic rings. The highest BCUT2D eigenvalue weighted by Crippen LogP contribution is 2.48. The molecule has 1 saturated heterocycles. The molecule has 6 heteroatoms. The number of ether oxygens (including phenoxy) is 1. The van der Waals surface area contributed by atoms with Crippen molar-refractivity contribution in [3.8, 4) is 22.8 Å². The molecule has 2 aromatic heterocycles. The van der Waals surface area contributed by atoms with E-state index in [1.807, 2.05) is 12.1 Å². The number of piperidine rings is 1. The van der Waals surface area contributed by atoms with Crippen molar-refractivity contribution >= 4 is 11.0 Å². The highest BCUT2D eigenvalue weighted by atomic mass is 16.5. The van der Waals surface area contributed by atoms with E-state index in [2.05, 4.69) is 38.9 Å². The molecule has 1 saturated carbocycles. The van der Waals surface area contributed by atoms with Gasteiger partial charge in [-0.3, -0.25) is 0 Å². The first kappa shape index (κ1) is 18.4. The lowest BCUT2D eigenvalue weighted by Crippen LogP contribution is -2.36. The van der Waals surface area contributed by atoms with Gasteiger partial charge in [0.25, 0.3) is 0 Å². The van der Waals surface area contributed by atoms with E-state index in [4.69, 9.17) is 4.74 Å². The van der Waals surface area contributed by atoms with Crippen LogP contribution in [0.3, 0.4) is 0 Å². The largest absolute Gasteiger partial charge is 0.507 e. The number of nitrogens with zero attached hydrogens (tertiary/aromatic N) is 4. The average molecular weight is 393 g/mol. The van der Waals surface area contributed by atoms with Gasteiger partial charge in [-0.25, -0.2) is 0 Å². The SMILES string of the molecule is CCN1CCC[C@@H](n2ccc3c(C4CC4)c(-c4ccc(OC)cc4O)nnc32)C1. The number of rotatable bonds is 5. The second-order valence-corrected chi connectivity index (χ2v) is 8.27. The Bertz CT molecular complexity index is 1040. The maximum absolute atomic E-state index is 10.6. The van der Waals surface area contributed by atoms with Crippen molar-refractivity contribution in [2.75, 3.05) is 26.7 Å². The van der Waals surface area contributed by atoms with Gasteiger partial charge in [-0.05, 0) is 68.5 Å². The van der Waals surface area contributed by atoms with Crippen molar-refractivity contribution < 1.29 is 9.84 Å². The number of fused-ring (bicyclic) bond motifs is 1. The molecular formula is C23H28N4O2. The van der Waals surface area contributed by atoms with E-state index in [1.54, 1.807) is 13.2 Å². The Kier molecular flexibility index (Phi) is 4.66. The molecule has 0 radical (unpaired) electrons. The van der Waals surface area contributed by atoms with Crippen LogP contribution in [0.5, 0.6) is 11.5 Å². The van der Waals surface area contributed by atoms with E-state index in [1.165, 1.54) is 43.2 Å². The number of benzene rings is 1. The number of methoxy groups -OCH3 is 1. The van der Waals surface area contributed by atoms with Gasteiger partial charge in [0.1, 0.15) is 17.2 Å². The fourth-order valence-corrected chi connectivity index (χ4v) is 4.70. The van der Waals surface area contributed by atoms with Crippen molar-refractivity contribution in [2.24, 2.45) is 0 Å². The van der Waals surface area contributed by atoms with Crippen molar-refractivity contribution in [3.63, 3.8) is 0 Å². The molecule has 0 amide bonds. The molecule has 1 aromatic carbocycles. The Hall–Kier alpha value is -2.60. The number of likely N-dealkylation sites (tertiary alicyclic amines) is 1. The van der Waals surface area contributed by atoms with Crippen LogP contribution < -0.4 is 4.74 Å². The summed E-state index contributed by atoms with van der Waals surface area (Å²) in [5, 5.41) is 21.0. The van der Waals surface area contributed by atoms with Crippen LogP contribution >= 0.6 is 0 Å². The highest BCUT2D eigenvalue weighted by Gasteiger charge is 2.32. The van der Waals surface area contributed by atoms with Gasteiger partial charge < -0.3 is 19.3 Å². The van der Waals surface area contributed by atoms with Crippen LogP contribution in [-0.2, 0) is 0 Å². The first-order chi connectivity index (χ1) is 14.2. The zero-order chi connectivity index (χ0) is 20.0. The molecule has 3 heterocycles. The zero-order valence-electron chi connectivity index (χ0n) is 17.1. The zero-order valence-corrected chi connectivity index (χ0v) is 17.1. The first-order valence-corrected chi connectivity index (χ1v) is 10.7. The predicted octanol–water partition coefficient (Wildman–Crippen LogP) is 4.35. The molecule has 1 atom stereocenters. The molecule has 1 N–H and O–H groups in total. The Balaban J connectivity index is 1.60. The summed E-state index contributed by atoms with van der Waals surface area (Å²) in [7, 11) is 1.60. The lowest BCUT2D eigenvalue weighted by atomic mass is 9.99. The molecule has 0 unspecified atom stereocenters. The van der Waals surface area contributed by atoms with Gasteiger partial charge in [0.15, 0.2) is 5.65 Å². The molecule has 6 nitrogen and oxygen atoms in total. The van der Waals surface area contributed by atoms with Crippen molar-refractivity contribution in [1.82, 2.24) is 19.7 Å². The second kappa shape index (κ2) is 7.34. The van der Waals surface area contributed by atoms with Gasteiger partial charge in [0.05, 0.1) is 7.11 Å². The molecule has 0 spiro atoms. The van der Waals surface area contributed by atoms with Gasteiger partial charge in [-0.1, -0.05) is 6.92 Å². The topological polar surface area (TPSA) is 63.4 Å². The van der Waals surface area contributed by atoms with E-state index >= 15 is 0 Å². The molecular weight excluding hydrogens is 364 g/mol. The van der Waals surface area contributed by atoms with E-state index in [0.29, 0.717) is 17.7 Å². The summed E-state index contributed by atoms with van der Waals surface area (Å²) in [6.45, 7) is 5.58. The molecule has 1 aliphatic heterocycles. The number of aromatic hydroxyl groups is 1. The smallest absolute Gasteiger partial charge is 0.163 e. The lowest BCUT2D eigenvalue weighted by Gasteiger charge is -2.32. The molecule has 2 fully saturated rings. The van der Waals surface area contributed by atoms with Crippen LogP contribution in [0.4, 0.5) is 0 Å². The third-order valence-corrected chi connectivity index (χ3v) is 6.44. The van der Waals surface area contributed by atoms with Crippen molar-refractivity contribution in [1.29, 1.82) is 0 Å². The van der Waals surface area contributed by atoms with Gasteiger partial charge in [-0.15, -0.1) is 10.2 Å². The minimum atomic E-state index is 0.185. The first-order valence-electron chi connectivity index (χ1n) is 10.7. The summed E-state index contributed by atoms with van der Waals surface area (Å²) in [5.74, 6) is 1.32. The Morgan fingerprint density at radius 3 is 2.76 bits per heavy atom. The Morgan fingerprint density at radius 1 is 1.17 bits per heavy atom. The lowest BCUT2D eigenvalue weighted by molar-refractivity contribution is 0.187. The summed E-state index contributed by atoms with van der Waals surface area (Å²) in [4.78, 5) is 2.51. The van der Waals surface area contributed by atoms with Gasteiger partial charge in [0.2, 0.25) is 0 Å². The average Bonchev–Trinajstić information content (AvgIpc) is 3.51. The summed E-state index contributed by atoms with van der Waals surface area (Å²) in [6, 6.07) is 8.04. The molecule has 0 bridgehead atoms. The standard InChI is InChI=1S/C23H28N4O2/c1-3-26-11-4-5-16(14-26)27-12-10-19-21(15-6-7-15)22(24-25-23(19)27)18-9-8-17(29-2)13-20(18)28/h8-10,12-13,15-16,28H,3-7,11,14H2,1-2H3/t16-/m1/s1. The summed E-state index contributed by atoms with van der Waals surface area (Å²) in [5.41, 5.74) is 3.74. The van der Waals surface area contributed by atoms with Gasteiger partial charge in [0, 0.05) is 35.8 Å². The minimum absolute atomic E-state index is 0.185. The molecule has 152 valence electrons. The highest BCUT2D eigenvalue weighted by molar-refractivity contribution is 5.88. The van der Waals surface area contributed by atoms with Crippen molar-refractivity contribution in [2.45, 2.75) is 44.6 Å². The summed E-state index contributed by atoms with van der Waals surface area (Å²) in [6.07, 6.45) is 6.93. The second-order valence-electron chi connectivity index (χ2n) is 8.27. The van der Waals surface area contributed by atoms with Gasteiger partial charge in [-0.2, -0.15) is 0 Å². The summed E-state index contributed by atoms with van der Waals surface area (Å²) < 4.78 is 7.56. The Morgan fingerprint density at radius 2 is 2.03 bits per heavy atom. The minimum Gasteiger partial charge on any atom is -0.507 e. The molecule has 1 aliphatic carbocycles.